The summed E-state index contributed by atoms with van der Waals surface area (Å²) in [5.41, 5.74) is -4.33. The fourth-order valence-electron chi connectivity index (χ4n) is 3.93. The summed E-state index contributed by atoms with van der Waals surface area (Å²) in [5, 5.41) is 13.6. The zero-order chi connectivity index (χ0) is 25.4. The number of H-pyrrole nitrogens is 1. The molecule has 1 unspecified atom stereocenters. The van der Waals surface area contributed by atoms with E-state index in [-0.39, 0.29) is 18.8 Å². The first kappa shape index (κ1) is 25.3. The number of aliphatic hydroxyl groups excluding tert-OH is 1. The summed E-state index contributed by atoms with van der Waals surface area (Å²) >= 11 is 0. The molecular formula is C21H26N3O10P. The van der Waals surface area contributed by atoms with Crippen molar-refractivity contribution in [2.24, 2.45) is 0 Å². The van der Waals surface area contributed by atoms with E-state index >= 15 is 0 Å². The topological polar surface area (TPSA) is 167 Å². The van der Waals surface area contributed by atoms with Crippen LogP contribution in [0.4, 0.5) is 0 Å². The average Bonchev–Trinajstić information content (AvgIpc) is 3.05. The zero-order valence-electron chi connectivity index (χ0n) is 19.2. The lowest BCUT2D eigenvalue weighted by Crippen LogP contribution is -2.57. The number of aliphatic hydroxyl groups is 1. The molecular weight excluding hydrogens is 485 g/mol. The Labute approximate surface area is 199 Å². The predicted octanol–water partition coefficient (Wildman–Crippen LogP) is 0.656. The van der Waals surface area contributed by atoms with Gasteiger partial charge in [0.1, 0.15) is 23.0 Å². The van der Waals surface area contributed by atoms with Gasteiger partial charge in [0.25, 0.3) is 5.56 Å². The monoisotopic (exact) mass is 511 g/mol. The molecule has 0 radical (unpaired) electrons. The molecule has 4 rings (SSSR count). The normalized spacial score (nSPS) is 27.7. The summed E-state index contributed by atoms with van der Waals surface area (Å²) in [7, 11) is -3.26. The Bertz CT molecular complexity index is 1240. The number of carbonyl (C=O) groups excluding carboxylic acids is 1. The molecule has 0 saturated carbocycles. The molecule has 3 heterocycles. The smallest absolute Gasteiger partial charge is 0.462 e. The molecule has 0 amide bonds. The van der Waals surface area contributed by atoms with E-state index in [1.54, 1.807) is 18.2 Å². The van der Waals surface area contributed by atoms with Gasteiger partial charge < -0.3 is 23.8 Å². The number of para-hydroxylation sites is 1. The van der Waals surface area contributed by atoms with Crippen LogP contribution in [0.15, 0.2) is 52.2 Å². The van der Waals surface area contributed by atoms with E-state index in [0.717, 1.165) is 10.6 Å². The molecule has 3 N–H and O–H groups in total. The van der Waals surface area contributed by atoms with Crippen LogP contribution in [0, 0.1) is 0 Å². The molecule has 5 atom stereocenters. The summed E-state index contributed by atoms with van der Waals surface area (Å²) in [6.45, 7) is 3.09. The van der Waals surface area contributed by atoms with E-state index in [4.69, 9.17) is 23.3 Å². The Hall–Kier alpha value is -2.80. The number of hydrogen-bond acceptors (Lipinski definition) is 10. The Morgan fingerprint density at radius 2 is 1.97 bits per heavy atom. The van der Waals surface area contributed by atoms with Crippen molar-refractivity contribution >= 4 is 13.7 Å². The number of methoxy groups -OCH3 is 1. The number of aromatic amines is 1. The Morgan fingerprint density at radius 1 is 1.29 bits per heavy atom. The number of carbonyl (C=O) groups is 1. The van der Waals surface area contributed by atoms with E-state index in [1.165, 1.54) is 39.3 Å². The quantitative estimate of drug-likeness (QED) is 0.336. The third-order valence-corrected chi connectivity index (χ3v) is 7.50. The van der Waals surface area contributed by atoms with Gasteiger partial charge >= 0.3 is 19.4 Å². The Kier molecular flexibility index (Phi) is 6.75. The average molecular weight is 511 g/mol. The maximum Gasteiger partial charge on any atom is 0.462 e. The second-order valence-electron chi connectivity index (χ2n) is 8.61. The van der Waals surface area contributed by atoms with Crippen molar-refractivity contribution in [1.29, 1.82) is 0 Å². The second kappa shape index (κ2) is 9.34. The van der Waals surface area contributed by atoms with Gasteiger partial charge in [-0.3, -0.25) is 23.7 Å². The molecule has 2 aliphatic heterocycles. The maximum atomic E-state index is 13.9. The molecule has 1 aromatic heterocycles. The minimum absolute atomic E-state index is 0.152. The van der Waals surface area contributed by atoms with Crippen LogP contribution in [-0.2, 0) is 28.1 Å². The number of esters is 1. The van der Waals surface area contributed by atoms with E-state index in [9.17, 15) is 24.1 Å². The van der Waals surface area contributed by atoms with Gasteiger partial charge in [-0.25, -0.2) is 9.36 Å². The third-order valence-electron chi connectivity index (χ3n) is 5.73. The maximum absolute atomic E-state index is 13.9. The first-order valence-corrected chi connectivity index (χ1v) is 12.2. The molecule has 2 aliphatic rings. The van der Waals surface area contributed by atoms with E-state index < -0.39 is 54.7 Å². The highest BCUT2D eigenvalue weighted by Gasteiger charge is 2.64. The van der Waals surface area contributed by atoms with Crippen LogP contribution in [0.2, 0.25) is 0 Å². The Morgan fingerprint density at radius 3 is 2.54 bits per heavy atom. The van der Waals surface area contributed by atoms with Crippen LogP contribution >= 0.6 is 7.75 Å². The number of benzene rings is 1. The molecule has 1 aromatic carbocycles. The van der Waals surface area contributed by atoms with Crippen LogP contribution in [0.5, 0.6) is 5.75 Å². The molecule has 2 saturated heterocycles. The molecule has 35 heavy (non-hydrogen) atoms. The van der Waals surface area contributed by atoms with Crippen molar-refractivity contribution in [2.45, 2.75) is 50.0 Å². The highest BCUT2D eigenvalue weighted by Crippen LogP contribution is 2.54. The van der Waals surface area contributed by atoms with Crippen molar-refractivity contribution in [1.82, 2.24) is 14.6 Å². The first-order chi connectivity index (χ1) is 16.5. The molecule has 2 aromatic rings. The second-order valence-corrected chi connectivity index (χ2v) is 10.2. The van der Waals surface area contributed by atoms with Gasteiger partial charge in [-0.2, -0.15) is 5.09 Å². The van der Waals surface area contributed by atoms with Gasteiger partial charge in [-0.1, -0.05) is 18.2 Å². The van der Waals surface area contributed by atoms with Gasteiger partial charge in [0.05, 0.1) is 13.7 Å². The van der Waals surface area contributed by atoms with Crippen molar-refractivity contribution in [2.75, 3.05) is 13.7 Å². The SMILES string of the molecule is COC(=O)C(C)(C)NP(=O)(Oc1ccccc1)O[C@H]1O[C@@H](n2ccc(=O)[nH]c2=O)[C@@]2(CCO2)[C@@H]1O. The largest absolute Gasteiger partial charge is 0.468 e. The van der Waals surface area contributed by atoms with Gasteiger partial charge in [-0.05, 0) is 26.0 Å². The van der Waals surface area contributed by atoms with Crippen molar-refractivity contribution in [3.8, 4) is 5.75 Å². The van der Waals surface area contributed by atoms with Gasteiger partial charge in [0, 0.05) is 18.7 Å². The first-order valence-electron chi connectivity index (χ1n) is 10.7. The molecule has 13 nitrogen and oxygen atoms in total. The van der Waals surface area contributed by atoms with Crippen molar-refractivity contribution in [3.63, 3.8) is 0 Å². The Balaban J connectivity index is 1.66. The molecule has 0 aliphatic carbocycles. The minimum Gasteiger partial charge on any atom is -0.468 e. The molecule has 1 spiro atoms. The number of hydrogen-bond donors (Lipinski definition) is 3. The standard InChI is InChI=1S/C21H26N3O10P/c1-20(2,18(27)30-3)23-35(29,33-13-7-5-4-6-8-13)34-16-15(26)21(10-12-31-21)17(32-16)24-11-9-14(25)22-19(24)28/h4-9,11,15-17,26H,10,12H2,1-3H3,(H,23,29)(H,22,25,28)/t15-,16-,17-,21-,35?/m1/s1. The van der Waals surface area contributed by atoms with Crippen LogP contribution < -0.4 is 20.9 Å². The number of nitrogens with one attached hydrogen (secondary N) is 2. The number of nitrogens with zero attached hydrogens (tertiary/aromatic N) is 1. The molecule has 190 valence electrons. The van der Waals surface area contributed by atoms with E-state index in [1.807, 2.05) is 0 Å². The number of ether oxygens (including phenoxy) is 3. The lowest BCUT2D eigenvalue weighted by molar-refractivity contribution is -0.227. The number of rotatable bonds is 8. The minimum atomic E-state index is -4.43. The lowest BCUT2D eigenvalue weighted by Gasteiger charge is -2.43. The molecule has 14 heteroatoms. The van der Waals surface area contributed by atoms with Crippen LogP contribution in [-0.4, -0.2) is 57.9 Å². The summed E-state index contributed by atoms with van der Waals surface area (Å²) in [6, 6.07) is 9.16. The fourth-order valence-corrected chi connectivity index (χ4v) is 5.68. The summed E-state index contributed by atoms with van der Waals surface area (Å²) in [5.74, 6) is -0.596. The van der Waals surface area contributed by atoms with Crippen LogP contribution in [0.25, 0.3) is 0 Å². The highest BCUT2D eigenvalue weighted by molar-refractivity contribution is 7.52. The predicted molar refractivity (Wildman–Crippen MR) is 120 cm³/mol. The van der Waals surface area contributed by atoms with Crippen molar-refractivity contribution in [3.05, 3.63) is 63.4 Å². The van der Waals surface area contributed by atoms with E-state index in [0.29, 0.717) is 0 Å². The summed E-state index contributed by atoms with van der Waals surface area (Å²) in [4.78, 5) is 38.2. The van der Waals surface area contributed by atoms with Crippen LogP contribution in [0.3, 0.4) is 0 Å². The van der Waals surface area contributed by atoms with Gasteiger partial charge in [0.2, 0.25) is 6.29 Å². The highest BCUT2D eigenvalue weighted by atomic mass is 31.2. The summed E-state index contributed by atoms with van der Waals surface area (Å²) < 4.78 is 42.4. The van der Waals surface area contributed by atoms with Gasteiger partial charge in [-0.15, -0.1) is 0 Å². The zero-order valence-corrected chi connectivity index (χ0v) is 20.1. The molecule has 2 fully saturated rings. The number of aromatic nitrogens is 2. The summed E-state index contributed by atoms with van der Waals surface area (Å²) in [6.07, 6.45) is -2.83. The van der Waals surface area contributed by atoms with Crippen LogP contribution in [0.1, 0.15) is 26.5 Å². The lowest BCUT2D eigenvalue weighted by atomic mass is 9.88. The van der Waals surface area contributed by atoms with Gasteiger partial charge in [0.15, 0.2) is 6.23 Å². The van der Waals surface area contributed by atoms with E-state index in [2.05, 4.69) is 10.1 Å². The molecule has 0 bridgehead atoms. The fraction of sp³-hybridized carbons (Fsp3) is 0.476. The third kappa shape index (κ3) is 4.83. The van der Waals surface area contributed by atoms with Crippen molar-refractivity contribution < 1.29 is 37.7 Å².